The van der Waals surface area contributed by atoms with Crippen molar-refractivity contribution in [1.82, 2.24) is 0 Å². The molecular formula is C17H18ClN3O6. The maximum absolute atomic E-state index is 11.5. The summed E-state index contributed by atoms with van der Waals surface area (Å²) in [5, 5.41) is 45.9. The molecule has 0 aliphatic rings. The van der Waals surface area contributed by atoms with E-state index in [0.29, 0.717) is 10.6 Å². The quantitative estimate of drug-likeness (QED) is 0.482. The molecule has 0 aromatic heterocycles. The van der Waals surface area contributed by atoms with Gasteiger partial charge in [-0.2, -0.15) is 0 Å². The minimum atomic E-state index is -1.55. The first-order chi connectivity index (χ1) is 12.6. The van der Waals surface area contributed by atoms with E-state index in [1.54, 1.807) is 24.3 Å². The molecule has 0 aliphatic carbocycles. The highest BCUT2D eigenvalue weighted by molar-refractivity contribution is 6.31. The molecule has 2 rings (SSSR count). The summed E-state index contributed by atoms with van der Waals surface area (Å²) in [6, 6.07) is 7.60. The summed E-state index contributed by atoms with van der Waals surface area (Å²) >= 11 is 6.09. The van der Waals surface area contributed by atoms with Gasteiger partial charge in [-0.15, -0.1) is 0 Å². The van der Waals surface area contributed by atoms with E-state index in [1.807, 2.05) is 0 Å². The number of benzene rings is 2. The molecule has 0 aliphatic heterocycles. The van der Waals surface area contributed by atoms with Crippen molar-refractivity contribution in [3.8, 4) is 0 Å². The van der Waals surface area contributed by atoms with Crippen LogP contribution in [0.5, 0.6) is 0 Å². The Bertz CT molecular complexity index is 900. The number of nitrogens with one attached hydrogen (secondary N) is 1. The molecule has 2 aromatic carbocycles. The van der Waals surface area contributed by atoms with Crippen molar-refractivity contribution in [3.63, 3.8) is 0 Å². The van der Waals surface area contributed by atoms with Gasteiger partial charge in [-0.3, -0.25) is 20.2 Å². The highest BCUT2D eigenvalue weighted by Crippen LogP contribution is 2.40. The molecule has 2 aromatic rings. The first-order valence-corrected chi connectivity index (χ1v) is 8.25. The normalized spacial score (nSPS) is 13.1. The van der Waals surface area contributed by atoms with E-state index in [0.717, 1.165) is 6.07 Å². The molecule has 0 heterocycles. The lowest BCUT2D eigenvalue weighted by atomic mass is 9.95. The van der Waals surface area contributed by atoms with Crippen molar-refractivity contribution < 1.29 is 20.1 Å². The lowest BCUT2D eigenvalue weighted by Gasteiger charge is -2.26. The summed E-state index contributed by atoms with van der Waals surface area (Å²) in [4.78, 5) is 21.4. The van der Waals surface area contributed by atoms with Gasteiger partial charge < -0.3 is 15.5 Å². The fraction of sp³-hybridized carbons (Fsp3) is 0.294. The zero-order chi connectivity index (χ0) is 20.4. The van der Waals surface area contributed by atoms with Crippen LogP contribution in [0, 0.1) is 27.2 Å². The van der Waals surface area contributed by atoms with E-state index >= 15 is 0 Å². The molecule has 10 heteroatoms. The van der Waals surface area contributed by atoms with Crippen LogP contribution < -0.4 is 5.32 Å². The fourth-order valence-electron chi connectivity index (χ4n) is 2.77. The number of aliphatic hydroxyl groups excluding tert-OH is 1. The number of aliphatic hydroxyl groups is 2. The smallest absolute Gasteiger partial charge is 0.302 e. The fourth-order valence-corrected chi connectivity index (χ4v) is 3.11. The van der Waals surface area contributed by atoms with Crippen molar-refractivity contribution in [1.29, 1.82) is 0 Å². The van der Waals surface area contributed by atoms with Crippen LogP contribution in [-0.4, -0.2) is 26.6 Å². The Kier molecular flexibility index (Phi) is 5.99. The zero-order valence-corrected chi connectivity index (χ0v) is 15.4. The summed E-state index contributed by atoms with van der Waals surface area (Å²) in [6.45, 7) is 1.99. The van der Waals surface area contributed by atoms with Crippen LogP contribution in [0.25, 0.3) is 0 Å². The van der Waals surface area contributed by atoms with Crippen molar-refractivity contribution in [2.45, 2.75) is 26.1 Å². The molecular weight excluding hydrogens is 378 g/mol. The Hall–Kier alpha value is -2.75. The number of nitrogens with zero attached hydrogens (tertiary/aromatic N) is 2. The second-order valence-electron chi connectivity index (χ2n) is 6.18. The van der Waals surface area contributed by atoms with Crippen LogP contribution in [0.15, 0.2) is 30.3 Å². The number of hydrogen-bond donors (Lipinski definition) is 3. The highest BCUT2D eigenvalue weighted by atomic mass is 35.5. The van der Waals surface area contributed by atoms with E-state index in [2.05, 4.69) is 5.32 Å². The van der Waals surface area contributed by atoms with Gasteiger partial charge in [-0.05, 0) is 25.5 Å². The molecule has 0 fully saturated rings. The van der Waals surface area contributed by atoms with Gasteiger partial charge in [0.05, 0.1) is 16.5 Å². The molecule has 1 atom stereocenters. The standard InChI is InChI=1S/C17H18ClN3O6/c1-10-11(8-22)7-14(20(24)25)15(16(10)21(26)27)19-9-17(2,23)12-5-3-4-6-13(12)18/h3-7,19,22-23H,8-9H2,1-2H3. The van der Waals surface area contributed by atoms with Gasteiger partial charge in [-0.1, -0.05) is 29.8 Å². The number of nitro groups is 2. The molecule has 9 nitrogen and oxygen atoms in total. The second-order valence-corrected chi connectivity index (χ2v) is 6.59. The van der Waals surface area contributed by atoms with Crippen LogP contribution in [0.3, 0.4) is 0 Å². The molecule has 0 bridgehead atoms. The summed E-state index contributed by atoms with van der Waals surface area (Å²) in [5.41, 5.74) is -2.43. The first kappa shape index (κ1) is 20.6. The average Bonchev–Trinajstić information content (AvgIpc) is 2.59. The first-order valence-electron chi connectivity index (χ1n) is 7.87. The Morgan fingerprint density at radius 1 is 1.22 bits per heavy atom. The minimum absolute atomic E-state index is 0.0804. The molecule has 0 saturated heterocycles. The topological polar surface area (TPSA) is 139 Å². The van der Waals surface area contributed by atoms with Gasteiger partial charge in [0.25, 0.3) is 5.69 Å². The molecule has 144 valence electrons. The SMILES string of the molecule is Cc1c(CO)cc([N+](=O)[O-])c(NCC(C)(O)c2ccccc2Cl)c1[N+](=O)[O-]. The van der Waals surface area contributed by atoms with Gasteiger partial charge in [0.1, 0.15) is 5.60 Å². The van der Waals surface area contributed by atoms with Crippen LogP contribution >= 0.6 is 11.6 Å². The number of hydrogen-bond acceptors (Lipinski definition) is 7. The predicted molar refractivity (Wildman–Crippen MR) is 99.9 cm³/mol. The lowest BCUT2D eigenvalue weighted by Crippen LogP contribution is -2.31. The third-order valence-corrected chi connectivity index (χ3v) is 4.58. The van der Waals surface area contributed by atoms with E-state index in [1.165, 1.54) is 13.8 Å². The van der Waals surface area contributed by atoms with Crippen LogP contribution in [-0.2, 0) is 12.2 Å². The van der Waals surface area contributed by atoms with Gasteiger partial charge >= 0.3 is 5.69 Å². The largest absolute Gasteiger partial charge is 0.392 e. The molecule has 3 N–H and O–H groups in total. The maximum Gasteiger partial charge on any atom is 0.302 e. The molecule has 0 radical (unpaired) electrons. The molecule has 27 heavy (non-hydrogen) atoms. The van der Waals surface area contributed by atoms with E-state index in [9.17, 15) is 30.4 Å². The van der Waals surface area contributed by atoms with Crippen molar-refractivity contribution in [2.75, 3.05) is 11.9 Å². The minimum Gasteiger partial charge on any atom is -0.392 e. The molecule has 1 unspecified atom stereocenters. The Labute approximate surface area is 159 Å². The third-order valence-electron chi connectivity index (χ3n) is 4.25. The summed E-state index contributed by atoms with van der Waals surface area (Å²) in [6.07, 6.45) is 0. The Morgan fingerprint density at radius 2 is 1.85 bits per heavy atom. The molecule has 0 amide bonds. The number of anilines is 1. The van der Waals surface area contributed by atoms with E-state index < -0.39 is 33.4 Å². The van der Waals surface area contributed by atoms with Crippen LogP contribution in [0.4, 0.5) is 17.1 Å². The highest BCUT2D eigenvalue weighted by Gasteiger charge is 2.33. The van der Waals surface area contributed by atoms with Crippen molar-refractivity contribution >= 4 is 28.7 Å². The summed E-state index contributed by atoms with van der Waals surface area (Å²) < 4.78 is 0. The summed E-state index contributed by atoms with van der Waals surface area (Å²) in [5.74, 6) is 0. The number of nitro benzene ring substituents is 2. The van der Waals surface area contributed by atoms with Crippen molar-refractivity contribution in [3.05, 3.63) is 72.3 Å². The maximum atomic E-state index is 11.5. The monoisotopic (exact) mass is 395 g/mol. The van der Waals surface area contributed by atoms with Gasteiger partial charge in [0.2, 0.25) is 0 Å². The second kappa shape index (κ2) is 7.87. The zero-order valence-electron chi connectivity index (χ0n) is 14.6. The lowest BCUT2D eigenvalue weighted by molar-refractivity contribution is -0.392. The van der Waals surface area contributed by atoms with Crippen molar-refractivity contribution in [2.24, 2.45) is 0 Å². The van der Waals surface area contributed by atoms with Gasteiger partial charge in [0.15, 0.2) is 5.69 Å². The molecule has 0 saturated carbocycles. The predicted octanol–water partition coefficient (Wildman–Crippen LogP) is 3.28. The molecule has 0 spiro atoms. The van der Waals surface area contributed by atoms with Gasteiger partial charge in [-0.25, -0.2) is 0 Å². The van der Waals surface area contributed by atoms with Crippen LogP contribution in [0.1, 0.15) is 23.6 Å². The number of halogens is 1. The summed E-state index contributed by atoms with van der Waals surface area (Å²) in [7, 11) is 0. The van der Waals surface area contributed by atoms with E-state index in [4.69, 9.17) is 11.6 Å². The average molecular weight is 396 g/mol. The van der Waals surface area contributed by atoms with Gasteiger partial charge in [0, 0.05) is 28.8 Å². The third kappa shape index (κ3) is 4.16. The Balaban J connectivity index is 2.52. The number of rotatable bonds is 7. The Morgan fingerprint density at radius 3 is 2.37 bits per heavy atom. The van der Waals surface area contributed by atoms with E-state index in [-0.39, 0.29) is 23.4 Å². The van der Waals surface area contributed by atoms with Crippen LogP contribution in [0.2, 0.25) is 5.02 Å².